The largest absolute Gasteiger partial charge is 0.350 e. The lowest BCUT2D eigenvalue weighted by Gasteiger charge is -2.29. The molecule has 2 rings (SSSR count). The highest BCUT2D eigenvalue weighted by Crippen LogP contribution is 2.24. The van der Waals surface area contributed by atoms with Crippen molar-refractivity contribution >= 4 is 34.5 Å². The van der Waals surface area contributed by atoms with Crippen LogP contribution in [0.15, 0.2) is 35.0 Å². The number of nitrogens with one attached hydrogen (secondary N) is 1. The van der Waals surface area contributed by atoms with E-state index in [9.17, 15) is 14.9 Å². The van der Waals surface area contributed by atoms with Crippen molar-refractivity contribution < 1.29 is 9.72 Å². The molecule has 1 aromatic heterocycles. The molecule has 1 atom stereocenters. The van der Waals surface area contributed by atoms with E-state index in [-0.39, 0.29) is 22.3 Å². The van der Waals surface area contributed by atoms with Gasteiger partial charge in [0.25, 0.3) is 11.6 Å². The number of hydrogen-bond acceptors (Lipinski definition) is 5. The Kier molecular flexibility index (Phi) is 6.92. The molecular weight excluding hydrogens is 362 g/mol. The van der Waals surface area contributed by atoms with Crippen LogP contribution < -0.4 is 5.32 Å². The number of rotatable bonds is 8. The molecule has 0 radical (unpaired) electrons. The van der Waals surface area contributed by atoms with Crippen molar-refractivity contribution in [3.63, 3.8) is 0 Å². The van der Waals surface area contributed by atoms with Crippen LogP contribution in [0, 0.1) is 10.1 Å². The van der Waals surface area contributed by atoms with E-state index in [1.165, 1.54) is 18.2 Å². The van der Waals surface area contributed by atoms with Crippen molar-refractivity contribution in [2.24, 2.45) is 0 Å². The number of non-ortho nitro benzene ring substituents is 1. The van der Waals surface area contributed by atoms with E-state index in [1.807, 2.05) is 11.4 Å². The molecule has 0 spiro atoms. The molecule has 0 bridgehead atoms. The number of nitro groups is 1. The Morgan fingerprint density at radius 3 is 2.64 bits per heavy atom. The third-order valence-electron chi connectivity index (χ3n) is 4.04. The zero-order valence-electron chi connectivity index (χ0n) is 14.1. The number of carbonyl (C=O) groups is 1. The van der Waals surface area contributed by atoms with Crippen molar-refractivity contribution in [3.8, 4) is 0 Å². The molecule has 0 aliphatic carbocycles. The predicted molar refractivity (Wildman–Crippen MR) is 100 cm³/mol. The van der Waals surface area contributed by atoms with Gasteiger partial charge >= 0.3 is 0 Å². The minimum absolute atomic E-state index is 0.0441. The molecule has 2 aromatic rings. The molecule has 0 saturated heterocycles. The van der Waals surface area contributed by atoms with Gasteiger partial charge in [0, 0.05) is 18.7 Å². The van der Waals surface area contributed by atoms with E-state index in [0.717, 1.165) is 18.7 Å². The molecule has 0 aliphatic heterocycles. The fourth-order valence-electron chi connectivity index (χ4n) is 2.67. The van der Waals surface area contributed by atoms with Crippen LogP contribution >= 0.6 is 22.9 Å². The summed E-state index contributed by atoms with van der Waals surface area (Å²) >= 11 is 7.64. The normalized spacial score (nSPS) is 12.2. The molecule has 6 nitrogen and oxygen atoms in total. The molecule has 0 fully saturated rings. The molecule has 1 N–H and O–H groups in total. The quantitative estimate of drug-likeness (QED) is 0.551. The Morgan fingerprint density at radius 2 is 2.08 bits per heavy atom. The van der Waals surface area contributed by atoms with Crippen LogP contribution in [0.1, 0.15) is 35.8 Å². The second-order valence-electron chi connectivity index (χ2n) is 5.42. The Hall–Kier alpha value is -1.96. The fraction of sp³-hybridized carbons (Fsp3) is 0.353. The van der Waals surface area contributed by atoms with E-state index in [1.54, 1.807) is 11.3 Å². The minimum Gasteiger partial charge on any atom is -0.350 e. The zero-order chi connectivity index (χ0) is 18.4. The van der Waals surface area contributed by atoms with Gasteiger partial charge in [-0.05, 0) is 41.5 Å². The Balaban J connectivity index is 2.16. The first-order valence-electron chi connectivity index (χ1n) is 7.96. The second-order valence-corrected chi connectivity index (χ2v) is 6.61. The maximum atomic E-state index is 12.5. The number of halogens is 1. The maximum absolute atomic E-state index is 12.5. The molecule has 0 saturated carbocycles. The monoisotopic (exact) mass is 381 g/mol. The van der Waals surface area contributed by atoms with Gasteiger partial charge in [-0.2, -0.15) is 11.3 Å². The highest BCUT2D eigenvalue weighted by Gasteiger charge is 2.21. The zero-order valence-corrected chi connectivity index (χ0v) is 15.6. The number of nitrogens with zero attached hydrogens (tertiary/aromatic N) is 2. The van der Waals surface area contributed by atoms with Crippen LogP contribution in [0.2, 0.25) is 5.02 Å². The van der Waals surface area contributed by atoms with Gasteiger partial charge in [0.15, 0.2) is 0 Å². The van der Waals surface area contributed by atoms with E-state index in [4.69, 9.17) is 11.6 Å². The van der Waals surface area contributed by atoms with Gasteiger partial charge in [-0.15, -0.1) is 0 Å². The summed E-state index contributed by atoms with van der Waals surface area (Å²) in [4.78, 5) is 25.1. The summed E-state index contributed by atoms with van der Waals surface area (Å²) in [6.07, 6.45) is 0. The molecule has 1 unspecified atom stereocenters. The lowest BCUT2D eigenvalue weighted by Crippen LogP contribution is -2.38. The molecule has 25 heavy (non-hydrogen) atoms. The smallest absolute Gasteiger partial charge is 0.270 e. The topological polar surface area (TPSA) is 75.5 Å². The molecule has 1 heterocycles. The van der Waals surface area contributed by atoms with Crippen LogP contribution in [0.3, 0.4) is 0 Å². The first-order chi connectivity index (χ1) is 12.0. The van der Waals surface area contributed by atoms with Crippen LogP contribution in [-0.2, 0) is 0 Å². The molecule has 1 amide bonds. The minimum atomic E-state index is -0.544. The van der Waals surface area contributed by atoms with Crippen LogP contribution in [0.4, 0.5) is 5.69 Å². The summed E-state index contributed by atoms with van der Waals surface area (Å²) in [5.74, 6) is -0.416. The number of nitro benzene ring substituents is 1. The van der Waals surface area contributed by atoms with E-state index in [2.05, 4.69) is 29.4 Å². The molecule has 0 aliphatic rings. The molecule has 134 valence electrons. The predicted octanol–water partition coefficient (Wildman–Crippen LogP) is 4.12. The maximum Gasteiger partial charge on any atom is 0.270 e. The SMILES string of the molecule is CCN(CC)C(CNC(=O)c1cc([N+](=O)[O-])ccc1Cl)c1ccsc1. The summed E-state index contributed by atoms with van der Waals surface area (Å²) in [7, 11) is 0. The van der Waals surface area contributed by atoms with Crippen molar-refractivity contribution in [2.75, 3.05) is 19.6 Å². The highest BCUT2D eigenvalue weighted by atomic mass is 35.5. The average Bonchev–Trinajstić information content (AvgIpc) is 3.12. The van der Waals surface area contributed by atoms with Gasteiger partial charge in [0.05, 0.1) is 21.6 Å². The summed E-state index contributed by atoms with van der Waals surface area (Å²) < 4.78 is 0. The van der Waals surface area contributed by atoms with Crippen LogP contribution in [0.25, 0.3) is 0 Å². The van der Waals surface area contributed by atoms with Crippen molar-refractivity contribution in [2.45, 2.75) is 19.9 Å². The number of hydrogen-bond donors (Lipinski definition) is 1. The second kappa shape index (κ2) is 8.94. The Morgan fingerprint density at radius 1 is 1.36 bits per heavy atom. The van der Waals surface area contributed by atoms with Gasteiger partial charge in [-0.25, -0.2) is 0 Å². The summed E-state index contributed by atoms with van der Waals surface area (Å²) in [5.41, 5.74) is 1.09. The first-order valence-corrected chi connectivity index (χ1v) is 9.28. The van der Waals surface area contributed by atoms with Gasteiger partial charge < -0.3 is 5.32 Å². The highest BCUT2D eigenvalue weighted by molar-refractivity contribution is 7.07. The average molecular weight is 382 g/mol. The number of carbonyl (C=O) groups excluding carboxylic acids is 1. The van der Waals surface area contributed by atoms with Crippen molar-refractivity contribution in [1.82, 2.24) is 10.2 Å². The van der Waals surface area contributed by atoms with Crippen LogP contribution in [-0.4, -0.2) is 35.4 Å². The summed E-state index contributed by atoms with van der Waals surface area (Å²) in [5, 5.41) is 18.0. The molecule has 1 aromatic carbocycles. The van der Waals surface area contributed by atoms with Gasteiger partial charge in [0.2, 0.25) is 0 Å². The Bertz CT molecular complexity index is 733. The number of amides is 1. The standard InChI is InChI=1S/C17H20ClN3O3S/c1-3-20(4-2)16(12-7-8-25-11-12)10-19-17(22)14-9-13(21(23)24)5-6-15(14)18/h5-9,11,16H,3-4,10H2,1-2H3,(H,19,22). The fourth-order valence-corrected chi connectivity index (χ4v) is 3.58. The third-order valence-corrected chi connectivity index (χ3v) is 5.07. The van der Waals surface area contributed by atoms with E-state index in [0.29, 0.717) is 6.54 Å². The summed E-state index contributed by atoms with van der Waals surface area (Å²) in [6.45, 7) is 6.25. The van der Waals surface area contributed by atoms with Gasteiger partial charge in [0.1, 0.15) is 0 Å². The van der Waals surface area contributed by atoms with Gasteiger partial charge in [-0.3, -0.25) is 19.8 Å². The van der Waals surface area contributed by atoms with Crippen LogP contribution in [0.5, 0.6) is 0 Å². The first kappa shape index (κ1) is 19.4. The lowest BCUT2D eigenvalue weighted by atomic mass is 10.1. The summed E-state index contributed by atoms with van der Waals surface area (Å²) in [6, 6.07) is 5.94. The molecular formula is C17H20ClN3O3S. The Labute approximate surface area is 155 Å². The molecule has 8 heteroatoms. The van der Waals surface area contributed by atoms with E-state index < -0.39 is 10.8 Å². The number of thiophene rings is 1. The van der Waals surface area contributed by atoms with Gasteiger partial charge in [-0.1, -0.05) is 25.4 Å². The lowest BCUT2D eigenvalue weighted by molar-refractivity contribution is -0.384. The van der Waals surface area contributed by atoms with Crippen molar-refractivity contribution in [3.05, 3.63) is 61.3 Å². The third kappa shape index (κ3) is 4.78. The number of benzene rings is 1. The number of likely N-dealkylation sites (N-methyl/N-ethyl adjacent to an activating group) is 1. The van der Waals surface area contributed by atoms with Crippen molar-refractivity contribution in [1.29, 1.82) is 0 Å². The van der Waals surface area contributed by atoms with E-state index >= 15 is 0 Å².